The third-order valence-electron chi connectivity index (χ3n) is 2.79. The number of nitrogens with two attached hydrogens (primary N) is 1. The van der Waals surface area contributed by atoms with Crippen molar-refractivity contribution in [1.29, 1.82) is 0 Å². The highest BCUT2D eigenvalue weighted by atomic mass is 79.9. The first-order valence-corrected chi connectivity index (χ1v) is 7.26. The van der Waals surface area contributed by atoms with Gasteiger partial charge in [-0.3, -0.25) is 0 Å². The van der Waals surface area contributed by atoms with Crippen molar-refractivity contribution >= 4 is 48.9 Å². The minimum Gasteiger partial charge on any atom is -0.495 e. The molecule has 0 unspecified atom stereocenters. The summed E-state index contributed by atoms with van der Waals surface area (Å²) in [5.74, 6) is 0.776. The molecule has 0 aliphatic rings. The molecule has 19 heavy (non-hydrogen) atoms. The van der Waals surface area contributed by atoms with Crippen LogP contribution in [0.2, 0.25) is 0 Å². The van der Waals surface area contributed by atoms with Crippen LogP contribution < -0.4 is 15.8 Å². The number of anilines is 3. The lowest BCUT2D eigenvalue weighted by molar-refractivity contribution is 0.412. The Bertz CT molecular complexity index is 615. The van der Waals surface area contributed by atoms with Gasteiger partial charge in [0, 0.05) is 21.9 Å². The highest BCUT2D eigenvalue weighted by Gasteiger charge is 2.07. The molecule has 2 aromatic carbocycles. The number of nitrogen functional groups attached to an aromatic ring is 1. The monoisotopic (exact) mass is 384 g/mol. The molecule has 0 aliphatic carbocycles. The predicted molar refractivity (Wildman–Crippen MR) is 87.3 cm³/mol. The molecule has 0 saturated heterocycles. The van der Waals surface area contributed by atoms with Gasteiger partial charge in [0.15, 0.2) is 0 Å². The van der Waals surface area contributed by atoms with Gasteiger partial charge in [-0.15, -0.1) is 0 Å². The Morgan fingerprint density at radius 3 is 2.47 bits per heavy atom. The first-order chi connectivity index (χ1) is 9.01. The van der Waals surface area contributed by atoms with Crippen molar-refractivity contribution < 1.29 is 4.74 Å². The van der Waals surface area contributed by atoms with Gasteiger partial charge in [0.1, 0.15) is 5.75 Å². The van der Waals surface area contributed by atoms with Gasteiger partial charge in [-0.05, 0) is 68.6 Å². The number of nitrogens with one attached hydrogen (secondary N) is 1. The van der Waals surface area contributed by atoms with E-state index in [4.69, 9.17) is 10.5 Å². The van der Waals surface area contributed by atoms with E-state index in [0.717, 1.165) is 37.3 Å². The number of methoxy groups -OCH3 is 1. The zero-order chi connectivity index (χ0) is 14.0. The number of rotatable bonds is 3. The Morgan fingerprint density at radius 1 is 1.11 bits per heavy atom. The van der Waals surface area contributed by atoms with Crippen LogP contribution in [0.15, 0.2) is 39.3 Å². The Labute approximate surface area is 129 Å². The lowest BCUT2D eigenvalue weighted by atomic mass is 10.2. The van der Waals surface area contributed by atoms with Crippen molar-refractivity contribution in [3.05, 3.63) is 44.8 Å². The molecule has 0 aromatic heterocycles. The third-order valence-corrected chi connectivity index (χ3v) is 4.07. The van der Waals surface area contributed by atoms with E-state index in [1.165, 1.54) is 0 Å². The average Bonchev–Trinajstić information content (AvgIpc) is 2.37. The molecule has 0 fully saturated rings. The summed E-state index contributed by atoms with van der Waals surface area (Å²) in [6.07, 6.45) is 0. The first-order valence-electron chi connectivity index (χ1n) is 5.67. The van der Waals surface area contributed by atoms with Crippen molar-refractivity contribution in [3.8, 4) is 5.75 Å². The summed E-state index contributed by atoms with van der Waals surface area (Å²) in [6, 6.07) is 9.73. The smallest absolute Gasteiger partial charge is 0.135 e. The van der Waals surface area contributed by atoms with Gasteiger partial charge in [0.25, 0.3) is 0 Å². The second kappa shape index (κ2) is 5.84. The van der Waals surface area contributed by atoms with E-state index >= 15 is 0 Å². The molecule has 2 aromatic rings. The van der Waals surface area contributed by atoms with Gasteiger partial charge in [0.2, 0.25) is 0 Å². The molecule has 2 rings (SSSR count). The second-order valence-electron chi connectivity index (χ2n) is 4.16. The SMILES string of the molecule is COc1cc(Nc2ccc(N)c(C)c2)c(Br)cc1Br. The molecule has 3 N–H and O–H groups in total. The maximum absolute atomic E-state index is 5.81. The van der Waals surface area contributed by atoms with Crippen LogP contribution in [0.3, 0.4) is 0 Å². The van der Waals surface area contributed by atoms with Gasteiger partial charge < -0.3 is 15.8 Å². The molecular formula is C14H14Br2N2O. The fourth-order valence-electron chi connectivity index (χ4n) is 1.69. The van der Waals surface area contributed by atoms with E-state index < -0.39 is 0 Å². The van der Waals surface area contributed by atoms with Gasteiger partial charge in [-0.2, -0.15) is 0 Å². The van der Waals surface area contributed by atoms with E-state index in [1.54, 1.807) is 7.11 Å². The zero-order valence-electron chi connectivity index (χ0n) is 10.6. The molecule has 5 heteroatoms. The quantitative estimate of drug-likeness (QED) is 0.742. The molecule has 0 heterocycles. The minimum atomic E-state index is 0.776. The van der Waals surface area contributed by atoms with Gasteiger partial charge in [-0.25, -0.2) is 0 Å². The number of hydrogen-bond donors (Lipinski definition) is 2. The van der Waals surface area contributed by atoms with Crippen LogP contribution in [0.1, 0.15) is 5.56 Å². The van der Waals surface area contributed by atoms with E-state index in [-0.39, 0.29) is 0 Å². The number of aryl methyl sites for hydroxylation is 1. The highest BCUT2D eigenvalue weighted by Crippen LogP contribution is 2.36. The molecule has 0 saturated carbocycles. The molecule has 0 bridgehead atoms. The number of ether oxygens (including phenoxy) is 1. The molecular weight excluding hydrogens is 372 g/mol. The zero-order valence-corrected chi connectivity index (χ0v) is 13.8. The average molecular weight is 386 g/mol. The number of benzene rings is 2. The van der Waals surface area contributed by atoms with Crippen molar-refractivity contribution in [3.63, 3.8) is 0 Å². The standard InChI is InChI=1S/C14H14Br2N2O/c1-8-5-9(3-4-12(8)17)18-13-7-14(19-2)11(16)6-10(13)15/h3-7,18H,17H2,1-2H3. The summed E-state index contributed by atoms with van der Waals surface area (Å²) >= 11 is 6.98. The van der Waals surface area contributed by atoms with Crippen LogP contribution in [-0.4, -0.2) is 7.11 Å². The Balaban J connectivity index is 2.34. The summed E-state index contributed by atoms with van der Waals surface area (Å²) < 4.78 is 7.15. The molecule has 3 nitrogen and oxygen atoms in total. The van der Waals surface area contributed by atoms with E-state index in [1.807, 2.05) is 37.3 Å². The van der Waals surface area contributed by atoms with E-state index in [0.29, 0.717) is 0 Å². The van der Waals surface area contributed by atoms with Crippen molar-refractivity contribution in [2.24, 2.45) is 0 Å². The van der Waals surface area contributed by atoms with E-state index in [9.17, 15) is 0 Å². The minimum absolute atomic E-state index is 0.776. The molecule has 0 aliphatic heterocycles. The predicted octanol–water partition coefficient (Wildman–Crippen LogP) is 4.85. The topological polar surface area (TPSA) is 47.3 Å². The molecule has 100 valence electrons. The molecule has 0 spiro atoms. The summed E-state index contributed by atoms with van der Waals surface area (Å²) in [4.78, 5) is 0. The van der Waals surface area contributed by atoms with E-state index in [2.05, 4.69) is 37.2 Å². The Hall–Kier alpha value is -1.20. The first kappa shape index (κ1) is 14.2. The summed E-state index contributed by atoms with van der Waals surface area (Å²) in [6.45, 7) is 1.98. The van der Waals surface area contributed by atoms with Crippen LogP contribution in [0.4, 0.5) is 17.1 Å². The molecule has 0 atom stereocenters. The fourth-order valence-corrected chi connectivity index (χ4v) is 2.95. The van der Waals surface area contributed by atoms with Crippen LogP contribution in [0.25, 0.3) is 0 Å². The van der Waals surface area contributed by atoms with Gasteiger partial charge in [0.05, 0.1) is 17.3 Å². The molecule has 0 radical (unpaired) electrons. The maximum Gasteiger partial charge on any atom is 0.135 e. The van der Waals surface area contributed by atoms with Crippen molar-refractivity contribution in [2.45, 2.75) is 6.92 Å². The lowest BCUT2D eigenvalue weighted by Crippen LogP contribution is -1.96. The summed E-state index contributed by atoms with van der Waals surface area (Å²) in [7, 11) is 1.64. The normalized spacial score (nSPS) is 10.3. The highest BCUT2D eigenvalue weighted by molar-refractivity contribution is 9.11. The molecule has 0 amide bonds. The lowest BCUT2D eigenvalue weighted by Gasteiger charge is -2.13. The summed E-state index contributed by atoms with van der Waals surface area (Å²) in [5, 5.41) is 3.34. The third kappa shape index (κ3) is 3.22. The van der Waals surface area contributed by atoms with Crippen LogP contribution in [0, 0.1) is 6.92 Å². The van der Waals surface area contributed by atoms with Crippen molar-refractivity contribution in [1.82, 2.24) is 0 Å². The largest absolute Gasteiger partial charge is 0.495 e. The Kier molecular flexibility index (Phi) is 4.37. The summed E-state index contributed by atoms with van der Waals surface area (Å²) in [5.41, 5.74) is 9.57. The van der Waals surface area contributed by atoms with Crippen LogP contribution in [0.5, 0.6) is 5.75 Å². The number of hydrogen-bond acceptors (Lipinski definition) is 3. The van der Waals surface area contributed by atoms with Gasteiger partial charge in [-0.1, -0.05) is 0 Å². The fraction of sp³-hybridized carbons (Fsp3) is 0.143. The van der Waals surface area contributed by atoms with Crippen LogP contribution >= 0.6 is 31.9 Å². The van der Waals surface area contributed by atoms with Gasteiger partial charge >= 0.3 is 0 Å². The maximum atomic E-state index is 5.81. The Morgan fingerprint density at radius 2 is 1.84 bits per heavy atom. The second-order valence-corrected chi connectivity index (χ2v) is 5.87. The van der Waals surface area contributed by atoms with Crippen molar-refractivity contribution in [2.75, 3.05) is 18.2 Å². The van der Waals surface area contributed by atoms with Crippen LogP contribution in [-0.2, 0) is 0 Å². The number of halogens is 2.